The number of aryl methyl sites for hydroxylation is 1. The van der Waals surface area contributed by atoms with Gasteiger partial charge in [-0.25, -0.2) is 0 Å². The lowest BCUT2D eigenvalue weighted by Crippen LogP contribution is -2.14. The SMILES string of the molecule is C=CCC(C)(C)Cc1ccccc1C. The van der Waals surface area contributed by atoms with Gasteiger partial charge in [-0.2, -0.15) is 0 Å². The van der Waals surface area contributed by atoms with Gasteiger partial charge in [-0.05, 0) is 36.3 Å². The molecule has 1 aromatic rings. The monoisotopic (exact) mass is 188 g/mol. The Bertz CT molecular complexity index is 308. The van der Waals surface area contributed by atoms with Crippen molar-refractivity contribution in [3.63, 3.8) is 0 Å². The summed E-state index contributed by atoms with van der Waals surface area (Å²) >= 11 is 0. The maximum atomic E-state index is 3.81. The van der Waals surface area contributed by atoms with E-state index in [1.54, 1.807) is 0 Å². The highest BCUT2D eigenvalue weighted by Gasteiger charge is 2.17. The van der Waals surface area contributed by atoms with Crippen LogP contribution in [0, 0.1) is 12.3 Å². The van der Waals surface area contributed by atoms with Crippen LogP contribution in [0.4, 0.5) is 0 Å². The molecule has 0 atom stereocenters. The minimum absolute atomic E-state index is 0.327. The Morgan fingerprint density at radius 1 is 1.29 bits per heavy atom. The maximum Gasteiger partial charge on any atom is -0.0222 e. The molecule has 0 amide bonds. The quantitative estimate of drug-likeness (QED) is 0.623. The van der Waals surface area contributed by atoms with Gasteiger partial charge in [0.25, 0.3) is 0 Å². The smallest absolute Gasteiger partial charge is 0.0222 e. The second kappa shape index (κ2) is 4.45. The number of benzene rings is 1. The topological polar surface area (TPSA) is 0 Å². The summed E-state index contributed by atoms with van der Waals surface area (Å²) in [6, 6.07) is 8.62. The maximum absolute atomic E-state index is 3.81. The zero-order valence-electron chi connectivity index (χ0n) is 9.51. The highest BCUT2D eigenvalue weighted by atomic mass is 14.2. The molecule has 0 aliphatic rings. The Hall–Kier alpha value is -1.04. The van der Waals surface area contributed by atoms with E-state index in [0.29, 0.717) is 5.41 Å². The van der Waals surface area contributed by atoms with Crippen molar-refractivity contribution in [3.8, 4) is 0 Å². The van der Waals surface area contributed by atoms with Gasteiger partial charge in [0.05, 0.1) is 0 Å². The molecule has 0 bridgehead atoms. The third kappa shape index (κ3) is 3.02. The van der Waals surface area contributed by atoms with E-state index >= 15 is 0 Å². The van der Waals surface area contributed by atoms with Crippen LogP contribution < -0.4 is 0 Å². The van der Waals surface area contributed by atoms with E-state index in [4.69, 9.17) is 0 Å². The van der Waals surface area contributed by atoms with Gasteiger partial charge in [0, 0.05) is 0 Å². The number of hydrogen-bond donors (Lipinski definition) is 0. The largest absolute Gasteiger partial charge is 0.103 e. The Kier molecular flexibility index (Phi) is 3.51. The van der Waals surface area contributed by atoms with Crippen molar-refractivity contribution in [2.24, 2.45) is 5.41 Å². The van der Waals surface area contributed by atoms with E-state index in [1.807, 2.05) is 6.08 Å². The van der Waals surface area contributed by atoms with E-state index in [1.165, 1.54) is 11.1 Å². The van der Waals surface area contributed by atoms with Crippen LogP contribution >= 0.6 is 0 Å². The summed E-state index contributed by atoms with van der Waals surface area (Å²) in [5.41, 5.74) is 3.18. The molecule has 0 aliphatic carbocycles. The molecule has 14 heavy (non-hydrogen) atoms. The summed E-state index contributed by atoms with van der Waals surface area (Å²) in [7, 11) is 0. The van der Waals surface area contributed by atoms with Gasteiger partial charge in [-0.1, -0.05) is 44.2 Å². The molecule has 0 N–H and O–H groups in total. The lowest BCUT2D eigenvalue weighted by Gasteiger charge is -2.23. The summed E-state index contributed by atoms with van der Waals surface area (Å²) in [6.45, 7) is 10.6. The normalized spacial score (nSPS) is 11.4. The van der Waals surface area contributed by atoms with Crippen molar-refractivity contribution in [2.45, 2.75) is 33.6 Å². The number of rotatable bonds is 4. The minimum Gasteiger partial charge on any atom is -0.103 e. The Morgan fingerprint density at radius 3 is 2.50 bits per heavy atom. The van der Waals surface area contributed by atoms with Crippen LogP contribution in [0.5, 0.6) is 0 Å². The molecule has 0 nitrogen and oxygen atoms in total. The van der Waals surface area contributed by atoms with Crippen LogP contribution in [0.2, 0.25) is 0 Å². The Balaban J connectivity index is 2.78. The highest BCUT2D eigenvalue weighted by molar-refractivity contribution is 5.26. The molecule has 0 unspecified atom stereocenters. The molecule has 0 aromatic heterocycles. The minimum atomic E-state index is 0.327. The summed E-state index contributed by atoms with van der Waals surface area (Å²) in [5, 5.41) is 0. The standard InChI is InChI=1S/C14H20/c1-5-10-14(3,4)11-13-9-7-6-8-12(13)2/h5-9H,1,10-11H2,2-4H3. The molecule has 1 rings (SSSR count). The zero-order chi connectivity index (χ0) is 10.6. The molecule has 1 aromatic carbocycles. The number of allylic oxidation sites excluding steroid dienone is 1. The van der Waals surface area contributed by atoms with Crippen LogP contribution in [-0.2, 0) is 6.42 Å². The molecule has 0 saturated carbocycles. The predicted molar refractivity (Wildman–Crippen MR) is 63.5 cm³/mol. The first kappa shape index (κ1) is 11.0. The van der Waals surface area contributed by atoms with Gasteiger partial charge in [0.15, 0.2) is 0 Å². The molecule has 0 saturated heterocycles. The lowest BCUT2D eigenvalue weighted by molar-refractivity contribution is 0.368. The van der Waals surface area contributed by atoms with E-state index < -0.39 is 0 Å². The fourth-order valence-corrected chi connectivity index (χ4v) is 1.79. The van der Waals surface area contributed by atoms with Crippen molar-refractivity contribution in [1.82, 2.24) is 0 Å². The average Bonchev–Trinajstić information content (AvgIpc) is 2.08. The van der Waals surface area contributed by atoms with Gasteiger partial charge < -0.3 is 0 Å². The first-order valence-electron chi connectivity index (χ1n) is 5.20. The summed E-state index contributed by atoms with van der Waals surface area (Å²) in [4.78, 5) is 0. The molecule has 76 valence electrons. The summed E-state index contributed by atoms with van der Waals surface area (Å²) in [6.07, 6.45) is 4.21. The lowest BCUT2D eigenvalue weighted by atomic mass is 9.82. The molecule has 0 spiro atoms. The number of hydrogen-bond acceptors (Lipinski definition) is 0. The van der Waals surface area contributed by atoms with Gasteiger partial charge in [-0.3, -0.25) is 0 Å². The zero-order valence-corrected chi connectivity index (χ0v) is 9.51. The Labute approximate surface area is 87.7 Å². The van der Waals surface area contributed by atoms with Crippen LogP contribution in [0.25, 0.3) is 0 Å². The van der Waals surface area contributed by atoms with E-state index in [0.717, 1.165) is 12.8 Å². The average molecular weight is 188 g/mol. The molecule has 0 aliphatic heterocycles. The van der Waals surface area contributed by atoms with E-state index in [-0.39, 0.29) is 0 Å². The highest BCUT2D eigenvalue weighted by Crippen LogP contribution is 2.27. The van der Waals surface area contributed by atoms with E-state index in [2.05, 4.69) is 51.6 Å². The van der Waals surface area contributed by atoms with Crippen molar-refractivity contribution in [1.29, 1.82) is 0 Å². The van der Waals surface area contributed by atoms with Gasteiger partial charge in [-0.15, -0.1) is 6.58 Å². The first-order valence-corrected chi connectivity index (χ1v) is 5.20. The summed E-state index contributed by atoms with van der Waals surface area (Å²) < 4.78 is 0. The molecule has 0 fully saturated rings. The third-order valence-corrected chi connectivity index (χ3v) is 2.63. The van der Waals surface area contributed by atoms with E-state index in [9.17, 15) is 0 Å². The fourth-order valence-electron chi connectivity index (χ4n) is 1.79. The van der Waals surface area contributed by atoms with Crippen molar-refractivity contribution in [2.75, 3.05) is 0 Å². The van der Waals surface area contributed by atoms with Crippen LogP contribution in [0.3, 0.4) is 0 Å². The van der Waals surface area contributed by atoms with Crippen LogP contribution in [0.1, 0.15) is 31.4 Å². The fraction of sp³-hybridized carbons (Fsp3) is 0.429. The van der Waals surface area contributed by atoms with Gasteiger partial charge in [0.2, 0.25) is 0 Å². The second-order valence-electron chi connectivity index (χ2n) is 4.76. The van der Waals surface area contributed by atoms with Gasteiger partial charge in [0.1, 0.15) is 0 Å². The molecular weight excluding hydrogens is 168 g/mol. The second-order valence-corrected chi connectivity index (χ2v) is 4.76. The van der Waals surface area contributed by atoms with Crippen molar-refractivity contribution in [3.05, 3.63) is 48.0 Å². The van der Waals surface area contributed by atoms with Crippen LogP contribution in [-0.4, -0.2) is 0 Å². The van der Waals surface area contributed by atoms with Crippen molar-refractivity contribution >= 4 is 0 Å². The molecular formula is C14H20. The van der Waals surface area contributed by atoms with Crippen LogP contribution in [0.15, 0.2) is 36.9 Å². The first-order chi connectivity index (χ1) is 6.55. The molecule has 0 radical (unpaired) electrons. The molecule has 0 heteroatoms. The van der Waals surface area contributed by atoms with Crippen molar-refractivity contribution < 1.29 is 0 Å². The van der Waals surface area contributed by atoms with Gasteiger partial charge >= 0.3 is 0 Å². The summed E-state index contributed by atoms with van der Waals surface area (Å²) in [5.74, 6) is 0. The predicted octanol–water partition coefficient (Wildman–Crippen LogP) is 4.14. The molecule has 0 heterocycles. The Morgan fingerprint density at radius 2 is 1.93 bits per heavy atom. The third-order valence-electron chi connectivity index (χ3n) is 2.63.